The average molecular weight is 1110 g/mol. The number of pyridine rings is 1. The van der Waals surface area contributed by atoms with Crippen LogP contribution in [0, 0.1) is 18.5 Å². The molecule has 2 aliphatic heterocycles. The van der Waals surface area contributed by atoms with E-state index < -0.39 is 0 Å². The monoisotopic (exact) mass is 1110 g/mol. The number of aromatic nitrogens is 4. The van der Waals surface area contributed by atoms with Crippen molar-refractivity contribution < 1.29 is 39.8 Å². The molecule has 7 nitrogen and oxygen atoms in total. The van der Waals surface area contributed by atoms with Gasteiger partial charge in [0.25, 0.3) is 13.0 Å². The molecule has 71 heavy (non-hydrogen) atoms. The van der Waals surface area contributed by atoms with Gasteiger partial charge in [-0.3, -0.25) is 4.57 Å². The van der Waals surface area contributed by atoms with Gasteiger partial charge in [0.2, 0.25) is 0 Å². The molecule has 0 atom stereocenters. The van der Waals surface area contributed by atoms with Crippen LogP contribution in [0.15, 0.2) is 158 Å². The zero-order chi connectivity index (χ0) is 48.3. The number of hydrogen-bond acceptors (Lipinski definition) is 4. The average Bonchev–Trinajstić information content (AvgIpc) is 3.96. The van der Waals surface area contributed by atoms with Gasteiger partial charge in [0.05, 0.1) is 5.69 Å². The fourth-order valence-corrected chi connectivity index (χ4v) is 9.93. The van der Waals surface area contributed by atoms with Gasteiger partial charge in [-0.05, 0) is 121 Å². The number of nitrogens with zero attached hydrogens (tertiary/aromatic N) is 4. The second kappa shape index (κ2) is 17.0. The van der Waals surface area contributed by atoms with Crippen LogP contribution in [0.3, 0.4) is 0 Å². The van der Waals surface area contributed by atoms with Gasteiger partial charge < -0.3 is 23.3 Å². The number of para-hydroxylation sites is 2. The van der Waals surface area contributed by atoms with E-state index in [0.29, 0.717) is 11.5 Å². The number of imidazole rings is 1. The van der Waals surface area contributed by atoms with Crippen LogP contribution in [-0.4, -0.2) is 20.8 Å². The molecule has 0 saturated heterocycles. The molecule has 5 heterocycles. The zero-order valence-electron chi connectivity index (χ0n) is 41.4. The SMILES string of the molecule is CC(C)(C)c1cc(-[n+]2[c-]n(-c3[c-]c(Oc4[c-]c5c(cc4)c4cc(-c6cc7c8c(c6)Oc6ccccc6B8c6ccccc6O7)ccc4n5-c4cc(C(C)(C)C)ccn4)ccc3)cc2)cc(C(C)(C)C)c1.[Pt]. The summed E-state index contributed by atoms with van der Waals surface area (Å²) in [7, 11) is 0. The summed E-state index contributed by atoms with van der Waals surface area (Å²) in [5.41, 5.74) is 12.8. The van der Waals surface area contributed by atoms with E-state index in [1.54, 1.807) is 0 Å². The Morgan fingerprint density at radius 1 is 0.577 bits per heavy atom. The molecule has 354 valence electrons. The van der Waals surface area contributed by atoms with Crippen molar-refractivity contribution >= 4 is 44.9 Å². The minimum atomic E-state index is -0.0817. The molecule has 0 aliphatic carbocycles. The van der Waals surface area contributed by atoms with Crippen LogP contribution in [0.5, 0.6) is 34.5 Å². The standard InChI is InChI=1S/C62H53BN4O3.Pt/c1-60(2,3)41-25-26-64-58(35-41)67-52-24-21-39(40-30-56-59-57(31-40)70-55-20-13-11-18-51(55)63(59)50-17-10-12-19-54(50)69-56)29-49(52)48-23-22-47(37-53(48)67)68-46-16-14-15-44(36-46)65-27-28-66(38-65)45-33-42(61(4,5)6)32-43(34-45)62(7,8)9;/h10-35H,1-9H3;/q-2;. The molecule has 0 amide bonds. The van der Waals surface area contributed by atoms with Crippen LogP contribution in [0.1, 0.15) is 79.0 Å². The molecule has 0 bridgehead atoms. The van der Waals surface area contributed by atoms with Crippen molar-refractivity contribution in [1.29, 1.82) is 0 Å². The van der Waals surface area contributed by atoms with Crippen LogP contribution in [0.2, 0.25) is 0 Å². The summed E-state index contributed by atoms with van der Waals surface area (Å²) in [6.07, 6.45) is 9.49. The molecule has 9 heteroatoms. The van der Waals surface area contributed by atoms with E-state index in [1.807, 2.05) is 59.6 Å². The van der Waals surface area contributed by atoms with Gasteiger partial charge in [0.15, 0.2) is 0 Å². The fraction of sp³-hybridized carbons (Fsp3) is 0.194. The predicted octanol–water partition coefficient (Wildman–Crippen LogP) is 12.7. The number of ether oxygens (including phenoxy) is 3. The minimum Gasteiger partial charge on any atom is -0.510 e. The summed E-state index contributed by atoms with van der Waals surface area (Å²) in [4.78, 5) is 4.97. The summed E-state index contributed by atoms with van der Waals surface area (Å²) in [6, 6.07) is 56.0. The molecule has 0 radical (unpaired) electrons. The maximum Gasteiger partial charge on any atom is 0.267 e. The Labute approximate surface area is 431 Å². The second-order valence-electron chi connectivity index (χ2n) is 21.8. The van der Waals surface area contributed by atoms with E-state index in [0.717, 1.165) is 89.5 Å². The van der Waals surface area contributed by atoms with Crippen molar-refractivity contribution in [2.45, 2.75) is 78.6 Å². The van der Waals surface area contributed by atoms with Crippen molar-refractivity contribution in [3.05, 3.63) is 193 Å². The smallest absolute Gasteiger partial charge is 0.267 e. The molecule has 3 aromatic heterocycles. The van der Waals surface area contributed by atoms with Crippen LogP contribution >= 0.6 is 0 Å². The molecular formula is C62H53BN4O3Pt-2. The summed E-state index contributed by atoms with van der Waals surface area (Å²) in [5.74, 6) is 5.29. The van der Waals surface area contributed by atoms with E-state index >= 15 is 0 Å². The van der Waals surface area contributed by atoms with Crippen molar-refractivity contribution in [3.63, 3.8) is 0 Å². The molecule has 10 aromatic rings. The van der Waals surface area contributed by atoms with E-state index in [-0.39, 0.29) is 44.0 Å². The quantitative estimate of drug-likeness (QED) is 0.0946. The van der Waals surface area contributed by atoms with Gasteiger partial charge in [-0.15, -0.1) is 29.7 Å². The Balaban J connectivity index is 0.00000547. The van der Waals surface area contributed by atoms with Crippen molar-refractivity contribution in [1.82, 2.24) is 14.1 Å². The number of hydrogen-bond donors (Lipinski definition) is 0. The van der Waals surface area contributed by atoms with E-state index in [2.05, 4.69) is 193 Å². The predicted molar refractivity (Wildman–Crippen MR) is 282 cm³/mol. The van der Waals surface area contributed by atoms with Crippen LogP contribution in [0.25, 0.3) is 50.1 Å². The number of rotatable bonds is 6. The van der Waals surface area contributed by atoms with Gasteiger partial charge in [0, 0.05) is 62.1 Å². The number of fused-ring (bicyclic) bond motifs is 7. The topological polar surface area (TPSA) is 54.3 Å². The molecular weight excluding hydrogens is 1050 g/mol. The molecule has 0 saturated carbocycles. The molecule has 0 spiro atoms. The Kier molecular flexibility index (Phi) is 11.1. The first-order valence-electron chi connectivity index (χ1n) is 24.1. The van der Waals surface area contributed by atoms with E-state index in [9.17, 15) is 0 Å². The Morgan fingerprint density at radius 3 is 1.89 bits per heavy atom. The third-order valence-electron chi connectivity index (χ3n) is 13.9. The zero-order valence-corrected chi connectivity index (χ0v) is 43.7. The van der Waals surface area contributed by atoms with Crippen LogP contribution in [0.4, 0.5) is 0 Å². The first-order valence-corrected chi connectivity index (χ1v) is 24.1. The van der Waals surface area contributed by atoms with Gasteiger partial charge in [-0.25, -0.2) is 4.98 Å². The van der Waals surface area contributed by atoms with Crippen molar-refractivity contribution in [2.75, 3.05) is 0 Å². The Bertz CT molecular complexity index is 3630. The molecule has 7 aromatic carbocycles. The summed E-state index contributed by atoms with van der Waals surface area (Å²) in [6.45, 7) is 20.3. The first kappa shape index (κ1) is 46.2. The molecule has 0 unspecified atom stereocenters. The molecule has 0 fully saturated rings. The third kappa shape index (κ3) is 8.26. The fourth-order valence-electron chi connectivity index (χ4n) is 9.93. The second-order valence-corrected chi connectivity index (χ2v) is 21.8. The van der Waals surface area contributed by atoms with E-state index in [1.165, 1.54) is 16.7 Å². The molecule has 12 rings (SSSR count). The molecule has 2 aliphatic rings. The largest absolute Gasteiger partial charge is 0.510 e. The normalized spacial score (nSPS) is 12.9. The van der Waals surface area contributed by atoms with Crippen molar-refractivity contribution in [3.8, 4) is 62.8 Å². The Morgan fingerprint density at radius 2 is 1.23 bits per heavy atom. The van der Waals surface area contributed by atoms with Crippen molar-refractivity contribution in [2.24, 2.45) is 0 Å². The maximum absolute atomic E-state index is 6.68. The van der Waals surface area contributed by atoms with E-state index in [4.69, 9.17) is 19.2 Å². The van der Waals surface area contributed by atoms with Gasteiger partial charge in [0.1, 0.15) is 28.8 Å². The minimum absolute atomic E-state index is 0. The van der Waals surface area contributed by atoms with Crippen LogP contribution < -0.4 is 35.2 Å². The van der Waals surface area contributed by atoms with Gasteiger partial charge in [-0.2, -0.15) is 18.2 Å². The Hall–Kier alpha value is -7.15. The maximum atomic E-state index is 6.68. The molecule has 0 N–H and O–H groups in total. The third-order valence-corrected chi connectivity index (χ3v) is 13.9. The summed E-state index contributed by atoms with van der Waals surface area (Å²) in [5, 5.41) is 2.09. The summed E-state index contributed by atoms with van der Waals surface area (Å²) >= 11 is 0. The van der Waals surface area contributed by atoms with Gasteiger partial charge in [-0.1, -0.05) is 122 Å². The first-order chi connectivity index (χ1) is 33.5. The van der Waals surface area contributed by atoms with Gasteiger partial charge >= 0.3 is 0 Å². The number of benzene rings is 7. The summed E-state index contributed by atoms with van der Waals surface area (Å²) < 4.78 is 26.2. The van der Waals surface area contributed by atoms with Crippen LogP contribution in [-0.2, 0) is 37.3 Å².